The van der Waals surface area contributed by atoms with Crippen molar-refractivity contribution in [1.82, 2.24) is 14.9 Å². The third kappa shape index (κ3) is 3.18. The largest absolute Gasteiger partial charge is 0.328 e. The predicted octanol–water partition coefficient (Wildman–Crippen LogP) is 0.949. The van der Waals surface area contributed by atoms with Crippen molar-refractivity contribution >= 4 is 11.3 Å². The lowest BCUT2D eigenvalue weighted by atomic mass is 10.3. The van der Waals surface area contributed by atoms with Crippen molar-refractivity contribution in [2.45, 2.75) is 19.5 Å². The van der Waals surface area contributed by atoms with Crippen molar-refractivity contribution in [3.05, 3.63) is 55.5 Å². The number of nitrogens with one attached hydrogen (secondary N) is 2. The smallest absolute Gasteiger partial charge is 0.308 e. The van der Waals surface area contributed by atoms with Gasteiger partial charge in [0, 0.05) is 36.3 Å². The first-order valence-corrected chi connectivity index (χ1v) is 6.61. The fourth-order valence-electron chi connectivity index (χ4n) is 1.66. The zero-order valence-electron chi connectivity index (χ0n) is 10.1. The maximum atomic E-state index is 11.4. The first-order valence-electron chi connectivity index (χ1n) is 5.73. The van der Waals surface area contributed by atoms with E-state index < -0.39 is 0 Å². The Morgan fingerprint density at radius 3 is 2.94 bits per heavy atom. The van der Waals surface area contributed by atoms with Crippen LogP contribution in [0.2, 0.25) is 0 Å². The lowest BCUT2D eigenvalue weighted by Gasteiger charge is -2.12. The topological polar surface area (TPSA) is 66.9 Å². The van der Waals surface area contributed by atoms with E-state index in [9.17, 15) is 9.59 Å². The Bertz CT molecular complexity index is 600. The van der Waals surface area contributed by atoms with E-state index in [4.69, 9.17) is 0 Å². The molecule has 0 spiro atoms. The van der Waals surface area contributed by atoms with Gasteiger partial charge in [-0.25, -0.2) is 4.79 Å². The Morgan fingerprint density at radius 1 is 1.44 bits per heavy atom. The summed E-state index contributed by atoms with van der Waals surface area (Å²) < 4.78 is 1.48. The molecule has 0 aliphatic heterocycles. The lowest BCUT2D eigenvalue weighted by Crippen LogP contribution is -2.32. The molecule has 96 valence electrons. The molecule has 2 heterocycles. The zero-order valence-corrected chi connectivity index (χ0v) is 10.9. The SMILES string of the molecule is CC(NCCn1ccc(=O)[nH]c1=O)c1cccs1. The van der Waals surface area contributed by atoms with Gasteiger partial charge in [-0.3, -0.25) is 14.3 Å². The highest BCUT2D eigenvalue weighted by Gasteiger charge is 2.05. The molecule has 1 unspecified atom stereocenters. The molecule has 0 saturated carbocycles. The number of H-pyrrole nitrogens is 1. The van der Waals surface area contributed by atoms with Gasteiger partial charge in [-0.15, -0.1) is 11.3 Å². The average Bonchev–Trinajstić information content (AvgIpc) is 2.85. The zero-order chi connectivity index (χ0) is 13.0. The number of aromatic amines is 1. The molecule has 1 atom stereocenters. The highest BCUT2D eigenvalue weighted by molar-refractivity contribution is 7.10. The Hall–Kier alpha value is -1.66. The van der Waals surface area contributed by atoms with Gasteiger partial charge in [-0.1, -0.05) is 6.07 Å². The number of rotatable bonds is 5. The van der Waals surface area contributed by atoms with E-state index in [-0.39, 0.29) is 17.3 Å². The second-order valence-electron chi connectivity index (χ2n) is 3.99. The van der Waals surface area contributed by atoms with Gasteiger partial charge in [0.25, 0.3) is 5.56 Å². The van der Waals surface area contributed by atoms with Gasteiger partial charge in [-0.05, 0) is 18.4 Å². The Morgan fingerprint density at radius 2 is 2.28 bits per heavy atom. The van der Waals surface area contributed by atoms with Crippen LogP contribution in [0, 0.1) is 0 Å². The molecule has 0 fully saturated rings. The van der Waals surface area contributed by atoms with Gasteiger partial charge in [-0.2, -0.15) is 0 Å². The van der Waals surface area contributed by atoms with Crippen LogP contribution in [0.5, 0.6) is 0 Å². The molecular formula is C12H15N3O2S. The molecule has 2 aromatic heterocycles. The summed E-state index contributed by atoms with van der Waals surface area (Å²) in [6.45, 7) is 3.29. The van der Waals surface area contributed by atoms with Crippen LogP contribution in [0.15, 0.2) is 39.4 Å². The number of hydrogen-bond donors (Lipinski definition) is 2. The molecular weight excluding hydrogens is 250 g/mol. The quantitative estimate of drug-likeness (QED) is 0.846. The fraction of sp³-hybridized carbons (Fsp3) is 0.333. The van der Waals surface area contributed by atoms with Crippen LogP contribution in [0.3, 0.4) is 0 Å². The minimum Gasteiger partial charge on any atom is -0.308 e. The number of aromatic nitrogens is 2. The first-order chi connectivity index (χ1) is 8.66. The van der Waals surface area contributed by atoms with E-state index in [1.165, 1.54) is 21.7 Å². The van der Waals surface area contributed by atoms with Gasteiger partial charge in [0.15, 0.2) is 0 Å². The summed E-state index contributed by atoms with van der Waals surface area (Å²) in [5.41, 5.74) is -0.732. The van der Waals surface area contributed by atoms with Crippen LogP contribution in [0.4, 0.5) is 0 Å². The molecule has 0 aromatic carbocycles. The summed E-state index contributed by atoms with van der Waals surface area (Å²) in [5, 5.41) is 5.38. The van der Waals surface area contributed by atoms with E-state index in [0.29, 0.717) is 13.1 Å². The summed E-state index contributed by atoms with van der Waals surface area (Å²) in [6.07, 6.45) is 1.51. The van der Waals surface area contributed by atoms with Crippen molar-refractivity contribution in [3.8, 4) is 0 Å². The molecule has 0 amide bonds. The van der Waals surface area contributed by atoms with Gasteiger partial charge in [0.2, 0.25) is 0 Å². The molecule has 0 saturated heterocycles. The van der Waals surface area contributed by atoms with Crippen LogP contribution in [0.25, 0.3) is 0 Å². The summed E-state index contributed by atoms with van der Waals surface area (Å²) in [6, 6.07) is 5.71. The number of thiophene rings is 1. The molecule has 0 aliphatic carbocycles. The molecule has 2 aromatic rings. The third-order valence-electron chi connectivity index (χ3n) is 2.67. The number of nitrogens with zero attached hydrogens (tertiary/aromatic N) is 1. The van der Waals surface area contributed by atoms with E-state index in [0.717, 1.165) is 0 Å². The maximum Gasteiger partial charge on any atom is 0.328 e. The van der Waals surface area contributed by atoms with Gasteiger partial charge in [0.05, 0.1) is 0 Å². The van der Waals surface area contributed by atoms with E-state index in [1.54, 1.807) is 11.3 Å². The standard InChI is InChI=1S/C12H15N3O2S/c1-9(10-3-2-8-18-10)13-5-7-15-6-4-11(16)14-12(15)17/h2-4,6,8-9,13H,5,7H2,1H3,(H,14,16,17). The molecule has 18 heavy (non-hydrogen) atoms. The predicted molar refractivity (Wildman–Crippen MR) is 72.1 cm³/mol. The Kier molecular flexibility index (Phi) is 4.11. The van der Waals surface area contributed by atoms with Crippen molar-refractivity contribution in [2.75, 3.05) is 6.54 Å². The van der Waals surface area contributed by atoms with Gasteiger partial charge in [0.1, 0.15) is 0 Å². The van der Waals surface area contributed by atoms with Crippen molar-refractivity contribution < 1.29 is 0 Å². The highest BCUT2D eigenvalue weighted by Crippen LogP contribution is 2.17. The van der Waals surface area contributed by atoms with Crippen LogP contribution < -0.4 is 16.6 Å². The maximum absolute atomic E-state index is 11.4. The highest BCUT2D eigenvalue weighted by atomic mass is 32.1. The second kappa shape index (κ2) is 5.79. The Labute approximate surface area is 108 Å². The fourth-order valence-corrected chi connectivity index (χ4v) is 2.42. The first kappa shape index (κ1) is 12.8. The van der Waals surface area contributed by atoms with Crippen molar-refractivity contribution in [1.29, 1.82) is 0 Å². The minimum atomic E-state index is -0.368. The van der Waals surface area contributed by atoms with Crippen LogP contribution >= 0.6 is 11.3 Å². The Balaban J connectivity index is 1.89. The van der Waals surface area contributed by atoms with Crippen LogP contribution in [0.1, 0.15) is 17.8 Å². The molecule has 2 rings (SSSR count). The number of hydrogen-bond acceptors (Lipinski definition) is 4. The van der Waals surface area contributed by atoms with Crippen LogP contribution in [-0.4, -0.2) is 16.1 Å². The summed E-state index contributed by atoms with van der Waals surface area (Å²) >= 11 is 1.70. The van der Waals surface area contributed by atoms with Crippen LogP contribution in [-0.2, 0) is 6.54 Å². The third-order valence-corrected chi connectivity index (χ3v) is 3.73. The minimum absolute atomic E-state index is 0.267. The molecule has 0 radical (unpaired) electrons. The van der Waals surface area contributed by atoms with Crippen molar-refractivity contribution in [3.63, 3.8) is 0 Å². The average molecular weight is 265 g/mol. The molecule has 0 aliphatic rings. The summed E-state index contributed by atoms with van der Waals surface area (Å²) in [5.74, 6) is 0. The molecule has 2 N–H and O–H groups in total. The van der Waals surface area contributed by atoms with E-state index in [2.05, 4.69) is 23.3 Å². The monoisotopic (exact) mass is 265 g/mol. The van der Waals surface area contributed by atoms with E-state index in [1.807, 2.05) is 11.4 Å². The summed E-state index contributed by atoms with van der Waals surface area (Å²) in [7, 11) is 0. The van der Waals surface area contributed by atoms with E-state index >= 15 is 0 Å². The summed E-state index contributed by atoms with van der Waals surface area (Å²) in [4.78, 5) is 25.8. The molecule has 0 bridgehead atoms. The van der Waals surface area contributed by atoms with Crippen molar-refractivity contribution in [2.24, 2.45) is 0 Å². The molecule has 6 heteroatoms. The second-order valence-corrected chi connectivity index (χ2v) is 4.97. The molecule has 5 nitrogen and oxygen atoms in total. The van der Waals surface area contributed by atoms with Gasteiger partial charge >= 0.3 is 5.69 Å². The lowest BCUT2D eigenvalue weighted by molar-refractivity contribution is 0.523. The van der Waals surface area contributed by atoms with Gasteiger partial charge < -0.3 is 5.32 Å². The normalized spacial score (nSPS) is 12.5.